The molecule has 0 saturated heterocycles. The quantitative estimate of drug-likeness (QED) is 0.818. The third-order valence-corrected chi connectivity index (χ3v) is 4.88. The first-order valence-corrected chi connectivity index (χ1v) is 9.77. The van der Waals surface area contributed by atoms with E-state index < -0.39 is 21.7 Å². The molecule has 1 unspecified atom stereocenters. The highest BCUT2D eigenvalue weighted by Crippen LogP contribution is 2.32. The number of hydrogen-bond acceptors (Lipinski definition) is 5. The molecule has 1 aliphatic heterocycles. The third-order valence-electron chi connectivity index (χ3n) is 3.19. The second-order valence-electron chi connectivity index (χ2n) is 6.54. The Labute approximate surface area is 144 Å². The van der Waals surface area contributed by atoms with Crippen LogP contribution in [0.3, 0.4) is 0 Å². The second kappa shape index (κ2) is 6.31. The maximum atomic E-state index is 12.0. The molecule has 1 amide bonds. The van der Waals surface area contributed by atoms with Gasteiger partial charge < -0.3 is 10.1 Å². The molecule has 1 atom stereocenters. The highest BCUT2D eigenvalue weighted by Gasteiger charge is 2.33. The molecule has 1 aromatic heterocycles. The minimum absolute atomic E-state index is 0.100. The zero-order chi connectivity index (χ0) is 17.4. The molecule has 130 valence electrons. The number of carbonyl (C=O) groups is 1. The summed E-state index contributed by atoms with van der Waals surface area (Å²) in [7, 11) is -3.43. The average Bonchev–Trinajstić information content (AvgIpc) is 2.74. The number of aromatic nitrogens is 2. The molecule has 2 rings (SSSR count). The topological polar surface area (TPSA) is 93.5 Å². The number of ether oxygens (including phenoxy) is 1. The van der Waals surface area contributed by atoms with Crippen molar-refractivity contribution < 1.29 is 17.9 Å². The van der Waals surface area contributed by atoms with Gasteiger partial charge in [-0.15, -0.1) is 0 Å². The van der Waals surface area contributed by atoms with Gasteiger partial charge in [-0.3, -0.25) is 4.31 Å². The zero-order valence-corrected chi connectivity index (χ0v) is 15.9. The second-order valence-corrected chi connectivity index (χ2v) is 9.30. The number of fused-ring (bicyclic) bond motifs is 1. The zero-order valence-electron chi connectivity index (χ0n) is 13.5. The lowest BCUT2D eigenvalue weighted by atomic mass is 10.1. The number of halogens is 1. The molecule has 1 N–H and O–H groups in total. The van der Waals surface area contributed by atoms with Gasteiger partial charge in [-0.25, -0.2) is 17.9 Å². The maximum Gasteiger partial charge on any atom is 0.407 e. The summed E-state index contributed by atoms with van der Waals surface area (Å²) in [5.41, 5.74) is -0.574. The van der Waals surface area contributed by atoms with E-state index in [1.165, 1.54) is 4.31 Å². The Hall–Kier alpha value is -1.29. The van der Waals surface area contributed by atoms with Gasteiger partial charge in [-0.05, 0) is 36.7 Å². The van der Waals surface area contributed by atoms with Gasteiger partial charge in [0.05, 0.1) is 16.9 Å². The molecule has 10 heteroatoms. The third kappa shape index (κ3) is 4.60. The number of rotatable bonds is 3. The summed E-state index contributed by atoms with van der Waals surface area (Å²) in [6, 6.07) is 0. The molecule has 1 aliphatic rings. The number of alkyl carbamates (subject to hydrolysis) is 1. The Kier molecular flexibility index (Phi) is 4.95. The summed E-state index contributed by atoms with van der Waals surface area (Å²) >= 11 is 3.32. The lowest BCUT2D eigenvalue weighted by molar-refractivity contribution is 0.0517. The van der Waals surface area contributed by atoms with Crippen molar-refractivity contribution in [2.75, 3.05) is 23.7 Å². The molecule has 0 saturated carbocycles. The number of sulfonamides is 1. The SMILES string of the molecule is CC(C)(C)OC(=O)NCC1CN(S(C)(=O)=O)c2c(Br)cnn2C1. The molecule has 0 radical (unpaired) electrons. The summed E-state index contributed by atoms with van der Waals surface area (Å²) in [5, 5.41) is 6.86. The monoisotopic (exact) mass is 408 g/mol. The normalized spacial score (nSPS) is 18.5. The van der Waals surface area contributed by atoms with Crippen LogP contribution < -0.4 is 9.62 Å². The van der Waals surface area contributed by atoms with Crippen molar-refractivity contribution in [2.24, 2.45) is 5.92 Å². The molecule has 8 nitrogen and oxygen atoms in total. The summed E-state index contributed by atoms with van der Waals surface area (Å²) in [6.45, 7) is 6.45. The number of hydrogen-bond donors (Lipinski definition) is 1. The number of carbonyl (C=O) groups excluding carboxylic acids is 1. The Balaban J connectivity index is 2.08. The Morgan fingerprint density at radius 2 is 2.13 bits per heavy atom. The van der Waals surface area contributed by atoms with Crippen LogP contribution >= 0.6 is 15.9 Å². The van der Waals surface area contributed by atoms with E-state index in [2.05, 4.69) is 26.3 Å². The van der Waals surface area contributed by atoms with E-state index >= 15 is 0 Å². The first-order valence-electron chi connectivity index (χ1n) is 7.13. The van der Waals surface area contributed by atoms with Gasteiger partial charge in [0.15, 0.2) is 5.82 Å². The van der Waals surface area contributed by atoms with E-state index in [0.29, 0.717) is 23.4 Å². The van der Waals surface area contributed by atoms with Crippen LogP contribution in [-0.4, -0.2) is 49.2 Å². The van der Waals surface area contributed by atoms with Crippen molar-refractivity contribution in [3.8, 4) is 0 Å². The van der Waals surface area contributed by atoms with Gasteiger partial charge in [0.2, 0.25) is 10.0 Å². The minimum atomic E-state index is -3.43. The molecule has 0 aliphatic carbocycles. The van der Waals surface area contributed by atoms with Crippen LogP contribution in [0.15, 0.2) is 10.7 Å². The lowest BCUT2D eigenvalue weighted by Gasteiger charge is -2.33. The van der Waals surface area contributed by atoms with Gasteiger partial charge in [0.1, 0.15) is 5.60 Å². The largest absolute Gasteiger partial charge is 0.444 e. The highest BCUT2D eigenvalue weighted by atomic mass is 79.9. The molecule has 2 heterocycles. The van der Waals surface area contributed by atoms with Crippen LogP contribution in [0.1, 0.15) is 20.8 Å². The molecule has 0 fully saturated rings. The molecule has 1 aromatic rings. The number of anilines is 1. The fourth-order valence-corrected chi connectivity index (χ4v) is 3.94. The minimum Gasteiger partial charge on any atom is -0.444 e. The van der Waals surface area contributed by atoms with Gasteiger partial charge in [-0.2, -0.15) is 5.10 Å². The first-order chi connectivity index (χ1) is 10.5. The van der Waals surface area contributed by atoms with Crippen molar-refractivity contribution in [1.82, 2.24) is 15.1 Å². The first kappa shape index (κ1) is 18.1. The van der Waals surface area contributed by atoms with Crippen molar-refractivity contribution in [3.05, 3.63) is 10.7 Å². The number of amides is 1. The van der Waals surface area contributed by atoms with Gasteiger partial charge in [0.25, 0.3) is 0 Å². The molecule has 0 spiro atoms. The van der Waals surface area contributed by atoms with E-state index in [1.807, 2.05) is 0 Å². The smallest absolute Gasteiger partial charge is 0.407 e. The fourth-order valence-electron chi connectivity index (χ4n) is 2.32. The Morgan fingerprint density at radius 3 is 2.70 bits per heavy atom. The molecule has 0 bridgehead atoms. The van der Waals surface area contributed by atoms with E-state index in [-0.39, 0.29) is 12.5 Å². The fraction of sp³-hybridized carbons (Fsp3) is 0.692. The van der Waals surface area contributed by atoms with Gasteiger partial charge in [0, 0.05) is 25.6 Å². The molecule has 0 aromatic carbocycles. The van der Waals surface area contributed by atoms with Crippen molar-refractivity contribution >= 4 is 37.9 Å². The van der Waals surface area contributed by atoms with E-state index in [0.717, 1.165) is 6.26 Å². The van der Waals surface area contributed by atoms with Crippen LogP contribution in [0, 0.1) is 5.92 Å². The predicted octanol–water partition coefficient (Wildman–Crippen LogP) is 1.57. The number of nitrogens with one attached hydrogen (secondary N) is 1. The summed E-state index contributed by atoms with van der Waals surface area (Å²) < 4.78 is 32.8. The predicted molar refractivity (Wildman–Crippen MR) is 89.8 cm³/mol. The van der Waals surface area contributed by atoms with Crippen molar-refractivity contribution in [2.45, 2.75) is 32.9 Å². The van der Waals surface area contributed by atoms with Crippen LogP contribution in [-0.2, 0) is 21.3 Å². The molecular weight excluding hydrogens is 388 g/mol. The van der Waals surface area contributed by atoms with Crippen LogP contribution in [0.25, 0.3) is 0 Å². The molecule has 23 heavy (non-hydrogen) atoms. The highest BCUT2D eigenvalue weighted by molar-refractivity contribution is 9.10. The summed E-state index contributed by atoms with van der Waals surface area (Å²) in [4.78, 5) is 11.7. The average molecular weight is 409 g/mol. The van der Waals surface area contributed by atoms with Crippen LogP contribution in [0.2, 0.25) is 0 Å². The Bertz CT molecular complexity index is 695. The van der Waals surface area contributed by atoms with Gasteiger partial charge in [-0.1, -0.05) is 0 Å². The lowest BCUT2D eigenvalue weighted by Crippen LogP contribution is -2.46. The summed E-state index contributed by atoms with van der Waals surface area (Å²) in [6.07, 6.45) is 2.20. The van der Waals surface area contributed by atoms with Crippen LogP contribution in [0.4, 0.5) is 10.6 Å². The van der Waals surface area contributed by atoms with E-state index in [9.17, 15) is 13.2 Å². The number of nitrogens with zero attached hydrogens (tertiary/aromatic N) is 3. The van der Waals surface area contributed by atoms with E-state index in [1.54, 1.807) is 31.6 Å². The Morgan fingerprint density at radius 1 is 1.48 bits per heavy atom. The summed E-state index contributed by atoms with van der Waals surface area (Å²) in [5.74, 6) is 0.414. The van der Waals surface area contributed by atoms with Crippen molar-refractivity contribution in [3.63, 3.8) is 0 Å². The van der Waals surface area contributed by atoms with E-state index in [4.69, 9.17) is 4.74 Å². The maximum absolute atomic E-state index is 12.0. The van der Waals surface area contributed by atoms with Crippen LogP contribution in [0.5, 0.6) is 0 Å². The van der Waals surface area contributed by atoms with Gasteiger partial charge >= 0.3 is 6.09 Å². The standard InChI is InChI=1S/C13H21BrN4O4S/c1-13(2,3)22-12(19)15-5-9-7-17-11(10(14)6-16-17)18(8-9)23(4,20)21/h6,9H,5,7-8H2,1-4H3,(H,15,19). The van der Waals surface area contributed by atoms with Crippen molar-refractivity contribution in [1.29, 1.82) is 0 Å². The molecular formula is C13H21BrN4O4S.